The van der Waals surface area contributed by atoms with Crippen molar-refractivity contribution in [3.63, 3.8) is 0 Å². The van der Waals surface area contributed by atoms with Crippen molar-refractivity contribution in [1.82, 2.24) is 4.57 Å². The topological polar surface area (TPSA) is 4.93 Å². The third-order valence-corrected chi connectivity index (χ3v) is 10.9. The molecule has 1 heteroatoms. The summed E-state index contributed by atoms with van der Waals surface area (Å²) in [6, 6.07) is 69.3. The zero-order valence-electron chi connectivity index (χ0n) is 27.8. The van der Waals surface area contributed by atoms with Gasteiger partial charge in [-0.05, 0) is 113 Å². The molecule has 0 unspecified atom stereocenters. The molecule has 0 aliphatic carbocycles. The van der Waals surface area contributed by atoms with Gasteiger partial charge < -0.3 is 4.57 Å². The molecular formula is C50H31N. The first kappa shape index (κ1) is 28.2. The lowest BCUT2D eigenvalue weighted by atomic mass is 9.87. The molecule has 236 valence electrons. The Morgan fingerprint density at radius 3 is 1.10 bits per heavy atom. The van der Waals surface area contributed by atoms with E-state index in [1.807, 2.05) is 0 Å². The van der Waals surface area contributed by atoms with Crippen LogP contribution in [-0.2, 0) is 0 Å². The van der Waals surface area contributed by atoms with Crippen LogP contribution in [0.25, 0.3) is 104 Å². The first-order chi connectivity index (χ1) is 25.3. The van der Waals surface area contributed by atoms with Gasteiger partial charge in [0.15, 0.2) is 0 Å². The van der Waals surface area contributed by atoms with Gasteiger partial charge >= 0.3 is 0 Å². The summed E-state index contributed by atoms with van der Waals surface area (Å²) in [5.41, 5.74) is 8.47. The number of aromatic nitrogens is 1. The van der Waals surface area contributed by atoms with Crippen LogP contribution < -0.4 is 0 Å². The van der Waals surface area contributed by atoms with E-state index in [2.05, 4.69) is 193 Å². The monoisotopic (exact) mass is 645 g/mol. The quantitative estimate of drug-likeness (QED) is 0.169. The summed E-state index contributed by atoms with van der Waals surface area (Å²) in [6.07, 6.45) is 0. The van der Waals surface area contributed by atoms with Gasteiger partial charge in [0.05, 0.1) is 11.0 Å². The molecule has 10 aromatic carbocycles. The van der Waals surface area contributed by atoms with Gasteiger partial charge in [-0.15, -0.1) is 0 Å². The van der Waals surface area contributed by atoms with Crippen LogP contribution >= 0.6 is 0 Å². The molecule has 1 heterocycles. The maximum absolute atomic E-state index is 2.47. The van der Waals surface area contributed by atoms with Crippen molar-refractivity contribution in [2.24, 2.45) is 0 Å². The van der Waals surface area contributed by atoms with Crippen LogP contribution in [0.2, 0.25) is 0 Å². The van der Waals surface area contributed by atoms with E-state index < -0.39 is 0 Å². The fourth-order valence-electron chi connectivity index (χ4n) is 8.67. The molecule has 11 rings (SSSR count). The number of benzene rings is 10. The molecule has 0 saturated heterocycles. The average molecular weight is 646 g/mol. The highest BCUT2D eigenvalue weighted by atomic mass is 15.0. The largest absolute Gasteiger partial charge is 0.309 e. The Morgan fingerprint density at radius 1 is 0.235 bits per heavy atom. The number of hydrogen-bond acceptors (Lipinski definition) is 0. The molecule has 0 spiro atoms. The standard InChI is InChI=1S/C50H31N/c1-3-13-32(14-4-1)34-23-27-47-44(29-34)45-30-35(33-15-5-2-6-16-33)24-28-48(45)51(47)36-25-26-40-39-19-9-11-21-42(39)49-41-20-10-7-17-37(41)38-18-8-12-22-43(38)50(49)46(40)31-36/h1-31H. The molecule has 0 radical (unpaired) electrons. The Hall–Kier alpha value is -6.70. The van der Waals surface area contributed by atoms with E-state index >= 15 is 0 Å². The minimum atomic E-state index is 1.16. The summed E-state index contributed by atoms with van der Waals surface area (Å²) in [6.45, 7) is 0. The van der Waals surface area contributed by atoms with E-state index in [0.29, 0.717) is 0 Å². The zero-order valence-corrected chi connectivity index (χ0v) is 27.8. The Morgan fingerprint density at radius 2 is 0.627 bits per heavy atom. The molecular weight excluding hydrogens is 615 g/mol. The average Bonchev–Trinajstić information content (AvgIpc) is 3.54. The highest BCUT2D eigenvalue weighted by Gasteiger charge is 2.19. The first-order valence-corrected chi connectivity index (χ1v) is 17.7. The van der Waals surface area contributed by atoms with Crippen molar-refractivity contribution < 1.29 is 0 Å². The van der Waals surface area contributed by atoms with Gasteiger partial charge in [-0.3, -0.25) is 0 Å². The second kappa shape index (κ2) is 10.9. The summed E-state index contributed by atoms with van der Waals surface area (Å²) >= 11 is 0. The van der Waals surface area contributed by atoms with E-state index in [1.54, 1.807) is 0 Å². The van der Waals surface area contributed by atoms with Gasteiger partial charge in [-0.1, -0.05) is 152 Å². The summed E-state index contributed by atoms with van der Waals surface area (Å²) in [7, 11) is 0. The van der Waals surface area contributed by atoms with E-state index in [0.717, 1.165) is 5.69 Å². The molecule has 0 N–H and O–H groups in total. The molecule has 11 aromatic rings. The molecule has 0 fully saturated rings. The van der Waals surface area contributed by atoms with Crippen LogP contribution in [0.4, 0.5) is 0 Å². The fourth-order valence-corrected chi connectivity index (χ4v) is 8.67. The predicted molar refractivity (Wildman–Crippen MR) is 219 cm³/mol. The molecule has 0 aliphatic heterocycles. The maximum Gasteiger partial charge on any atom is 0.0541 e. The fraction of sp³-hybridized carbons (Fsp3) is 0. The van der Waals surface area contributed by atoms with Gasteiger partial charge in [-0.25, -0.2) is 0 Å². The number of hydrogen-bond donors (Lipinski definition) is 0. The van der Waals surface area contributed by atoms with Gasteiger partial charge in [0.2, 0.25) is 0 Å². The van der Waals surface area contributed by atoms with Crippen LogP contribution in [-0.4, -0.2) is 4.57 Å². The Labute approximate surface area is 295 Å². The van der Waals surface area contributed by atoms with Gasteiger partial charge in [0.25, 0.3) is 0 Å². The maximum atomic E-state index is 2.47. The van der Waals surface area contributed by atoms with E-state index in [-0.39, 0.29) is 0 Å². The molecule has 1 nitrogen and oxygen atoms in total. The Bertz CT molecular complexity index is 3060. The molecule has 1 aromatic heterocycles. The van der Waals surface area contributed by atoms with Crippen molar-refractivity contribution >= 4 is 75.7 Å². The zero-order chi connectivity index (χ0) is 33.5. The summed E-state index contributed by atoms with van der Waals surface area (Å²) in [5.74, 6) is 0. The molecule has 0 aliphatic rings. The van der Waals surface area contributed by atoms with Crippen molar-refractivity contribution in [1.29, 1.82) is 0 Å². The first-order valence-electron chi connectivity index (χ1n) is 17.7. The molecule has 0 saturated carbocycles. The second-order valence-electron chi connectivity index (χ2n) is 13.6. The Kier molecular flexibility index (Phi) is 6.02. The van der Waals surface area contributed by atoms with Gasteiger partial charge in [0, 0.05) is 16.5 Å². The van der Waals surface area contributed by atoms with E-state index in [9.17, 15) is 0 Å². The SMILES string of the molecule is c1ccc(-c2ccc3c(c2)c2cc(-c4ccccc4)ccc2n3-c2ccc3c4ccccc4c4c5ccccc5c5ccccc5c4c3c2)cc1. The lowest BCUT2D eigenvalue weighted by Crippen LogP contribution is -1.95. The van der Waals surface area contributed by atoms with Crippen molar-refractivity contribution in [2.45, 2.75) is 0 Å². The highest BCUT2D eigenvalue weighted by molar-refractivity contribution is 6.39. The van der Waals surface area contributed by atoms with Crippen LogP contribution in [0.3, 0.4) is 0 Å². The van der Waals surface area contributed by atoms with Crippen LogP contribution in [0.15, 0.2) is 188 Å². The van der Waals surface area contributed by atoms with Crippen LogP contribution in [0.5, 0.6) is 0 Å². The minimum Gasteiger partial charge on any atom is -0.309 e. The minimum absolute atomic E-state index is 1.16. The molecule has 0 atom stereocenters. The van der Waals surface area contributed by atoms with E-state index in [1.165, 1.54) is 97.9 Å². The smallest absolute Gasteiger partial charge is 0.0541 e. The highest BCUT2D eigenvalue weighted by Crippen LogP contribution is 2.45. The van der Waals surface area contributed by atoms with Crippen LogP contribution in [0.1, 0.15) is 0 Å². The van der Waals surface area contributed by atoms with Crippen molar-refractivity contribution in [3.05, 3.63) is 188 Å². The van der Waals surface area contributed by atoms with Crippen molar-refractivity contribution in [2.75, 3.05) is 0 Å². The van der Waals surface area contributed by atoms with Gasteiger partial charge in [0.1, 0.15) is 0 Å². The lowest BCUT2D eigenvalue weighted by Gasteiger charge is -2.17. The number of rotatable bonds is 3. The van der Waals surface area contributed by atoms with Crippen LogP contribution in [0, 0.1) is 0 Å². The molecule has 51 heavy (non-hydrogen) atoms. The summed E-state index contributed by atoms with van der Waals surface area (Å²) in [4.78, 5) is 0. The lowest BCUT2D eigenvalue weighted by molar-refractivity contribution is 1.19. The second-order valence-corrected chi connectivity index (χ2v) is 13.6. The third kappa shape index (κ3) is 4.16. The summed E-state index contributed by atoms with van der Waals surface area (Å²) in [5, 5.41) is 15.5. The molecule has 0 amide bonds. The summed E-state index contributed by atoms with van der Waals surface area (Å²) < 4.78 is 2.47. The van der Waals surface area contributed by atoms with E-state index in [4.69, 9.17) is 0 Å². The number of fused-ring (bicyclic) bond motifs is 14. The third-order valence-electron chi connectivity index (χ3n) is 10.9. The Balaban J connectivity index is 1.27. The number of nitrogens with zero attached hydrogens (tertiary/aromatic N) is 1. The predicted octanol–water partition coefficient (Wildman–Crippen LogP) is 13.9. The van der Waals surface area contributed by atoms with Crippen molar-refractivity contribution in [3.8, 4) is 27.9 Å². The van der Waals surface area contributed by atoms with Gasteiger partial charge in [-0.2, -0.15) is 0 Å². The molecule has 0 bridgehead atoms. The normalized spacial score (nSPS) is 11.9.